The van der Waals surface area contributed by atoms with Gasteiger partial charge in [0.15, 0.2) is 5.82 Å². The van der Waals surface area contributed by atoms with Crippen molar-refractivity contribution >= 4 is 17.2 Å². The summed E-state index contributed by atoms with van der Waals surface area (Å²) in [5.41, 5.74) is 0. The topological polar surface area (TPSA) is 59.2 Å². The minimum absolute atomic E-state index is 0.0722. The maximum Gasteiger partial charge on any atom is 0.264 e. The Bertz CT molecular complexity index is 623. The number of likely N-dealkylation sites (tertiary alicyclic amines) is 1. The van der Waals surface area contributed by atoms with E-state index in [4.69, 9.17) is 4.52 Å². The van der Waals surface area contributed by atoms with Crippen molar-refractivity contribution in [3.05, 3.63) is 34.1 Å². The van der Waals surface area contributed by atoms with Gasteiger partial charge in [-0.05, 0) is 37.1 Å². The van der Waals surface area contributed by atoms with Crippen LogP contribution in [0, 0.1) is 0 Å². The van der Waals surface area contributed by atoms with E-state index in [1.807, 2.05) is 22.4 Å². The van der Waals surface area contributed by atoms with Gasteiger partial charge in [-0.25, -0.2) is 0 Å². The van der Waals surface area contributed by atoms with Crippen LogP contribution in [0.15, 0.2) is 22.0 Å². The second kappa shape index (κ2) is 6.60. The van der Waals surface area contributed by atoms with Gasteiger partial charge in [0.1, 0.15) is 6.04 Å². The van der Waals surface area contributed by atoms with E-state index < -0.39 is 0 Å². The average molecular weight is 319 g/mol. The molecule has 2 aromatic heterocycles. The van der Waals surface area contributed by atoms with Crippen molar-refractivity contribution in [3.8, 4) is 0 Å². The molecule has 3 heterocycles. The highest BCUT2D eigenvalue weighted by molar-refractivity contribution is 7.12. The van der Waals surface area contributed by atoms with Crippen LogP contribution in [0.2, 0.25) is 0 Å². The predicted molar refractivity (Wildman–Crippen MR) is 85.0 cm³/mol. The lowest BCUT2D eigenvalue weighted by molar-refractivity contribution is 0.0566. The van der Waals surface area contributed by atoms with Crippen molar-refractivity contribution in [1.29, 1.82) is 0 Å². The summed E-state index contributed by atoms with van der Waals surface area (Å²) < 4.78 is 5.47. The summed E-state index contributed by atoms with van der Waals surface area (Å²) in [5.74, 6) is 1.68. The van der Waals surface area contributed by atoms with Gasteiger partial charge >= 0.3 is 0 Å². The van der Waals surface area contributed by atoms with Crippen molar-refractivity contribution in [3.63, 3.8) is 0 Å². The average Bonchev–Trinajstić information content (AvgIpc) is 3.25. The molecule has 22 heavy (non-hydrogen) atoms. The molecule has 0 aliphatic carbocycles. The van der Waals surface area contributed by atoms with Crippen molar-refractivity contribution in [2.24, 2.45) is 0 Å². The van der Waals surface area contributed by atoms with E-state index in [1.54, 1.807) is 0 Å². The Labute approximate surface area is 134 Å². The Morgan fingerprint density at radius 2 is 2.41 bits per heavy atom. The van der Waals surface area contributed by atoms with Crippen LogP contribution in [0.1, 0.15) is 72.9 Å². The van der Waals surface area contributed by atoms with Crippen LogP contribution in [0.4, 0.5) is 0 Å². The number of nitrogens with zero attached hydrogens (tertiary/aromatic N) is 3. The van der Waals surface area contributed by atoms with Gasteiger partial charge in [-0.15, -0.1) is 11.3 Å². The number of carbonyl (C=O) groups excluding carboxylic acids is 1. The number of piperidine rings is 1. The van der Waals surface area contributed by atoms with E-state index >= 15 is 0 Å². The normalized spacial score (nSPS) is 20.1. The van der Waals surface area contributed by atoms with Crippen LogP contribution < -0.4 is 0 Å². The molecule has 1 aliphatic heterocycles. The molecule has 2 atom stereocenters. The van der Waals surface area contributed by atoms with Crippen LogP contribution in [0.5, 0.6) is 0 Å². The molecule has 0 bridgehead atoms. The highest BCUT2D eigenvalue weighted by Crippen LogP contribution is 2.32. The molecule has 1 saturated heterocycles. The molecule has 3 rings (SSSR count). The van der Waals surface area contributed by atoms with E-state index in [0.717, 1.165) is 42.9 Å². The molecule has 5 nitrogen and oxygen atoms in total. The van der Waals surface area contributed by atoms with Gasteiger partial charge in [-0.2, -0.15) is 4.98 Å². The second-order valence-electron chi connectivity index (χ2n) is 5.79. The third-order valence-electron chi connectivity index (χ3n) is 4.29. The van der Waals surface area contributed by atoms with Gasteiger partial charge in [0, 0.05) is 12.5 Å². The number of hydrogen-bond acceptors (Lipinski definition) is 5. The van der Waals surface area contributed by atoms with Gasteiger partial charge in [0.25, 0.3) is 5.91 Å². The number of carbonyl (C=O) groups is 1. The summed E-state index contributed by atoms with van der Waals surface area (Å²) in [6, 6.07) is 3.69. The molecule has 2 aromatic rings. The lowest BCUT2D eigenvalue weighted by Gasteiger charge is -2.33. The number of hydrogen-bond donors (Lipinski definition) is 0. The SMILES string of the molecule is CC[C@H](C)c1noc([C@H]2CCCCN2C(=O)c2cccs2)n1. The van der Waals surface area contributed by atoms with Gasteiger partial charge in [0.05, 0.1) is 4.88 Å². The van der Waals surface area contributed by atoms with Crippen LogP contribution in [-0.2, 0) is 0 Å². The third-order valence-corrected chi connectivity index (χ3v) is 5.15. The fourth-order valence-electron chi connectivity index (χ4n) is 2.74. The largest absolute Gasteiger partial charge is 0.337 e. The molecule has 0 saturated carbocycles. The lowest BCUT2D eigenvalue weighted by Crippen LogP contribution is -2.38. The van der Waals surface area contributed by atoms with Gasteiger partial charge in [-0.3, -0.25) is 4.79 Å². The van der Waals surface area contributed by atoms with E-state index in [-0.39, 0.29) is 17.9 Å². The molecule has 6 heteroatoms. The minimum Gasteiger partial charge on any atom is -0.337 e. The maximum absolute atomic E-state index is 12.7. The third kappa shape index (κ3) is 2.92. The number of aromatic nitrogens is 2. The van der Waals surface area contributed by atoms with E-state index in [1.165, 1.54) is 11.3 Å². The highest BCUT2D eigenvalue weighted by Gasteiger charge is 2.33. The highest BCUT2D eigenvalue weighted by atomic mass is 32.1. The fourth-order valence-corrected chi connectivity index (χ4v) is 3.42. The Balaban J connectivity index is 1.83. The first-order chi connectivity index (χ1) is 10.7. The van der Waals surface area contributed by atoms with E-state index in [2.05, 4.69) is 24.0 Å². The van der Waals surface area contributed by atoms with Crippen LogP contribution >= 0.6 is 11.3 Å². The van der Waals surface area contributed by atoms with Crippen molar-refractivity contribution in [2.45, 2.75) is 51.5 Å². The quantitative estimate of drug-likeness (QED) is 0.854. The molecule has 1 aliphatic rings. The summed E-state index contributed by atoms with van der Waals surface area (Å²) in [7, 11) is 0. The van der Waals surface area contributed by atoms with Crippen LogP contribution in [-0.4, -0.2) is 27.5 Å². The fraction of sp³-hybridized carbons (Fsp3) is 0.562. The Morgan fingerprint density at radius 3 is 3.14 bits per heavy atom. The predicted octanol–water partition coefficient (Wildman–Crippen LogP) is 4.01. The summed E-state index contributed by atoms with van der Waals surface area (Å²) in [4.78, 5) is 19.9. The molecule has 1 fully saturated rings. The Morgan fingerprint density at radius 1 is 1.55 bits per heavy atom. The molecular formula is C16H21N3O2S. The smallest absolute Gasteiger partial charge is 0.264 e. The summed E-state index contributed by atoms with van der Waals surface area (Å²) >= 11 is 1.48. The molecular weight excluding hydrogens is 298 g/mol. The first-order valence-electron chi connectivity index (χ1n) is 7.88. The molecule has 0 aromatic carbocycles. The monoisotopic (exact) mass is 319 g/mol. The zero-order chi connectivity index (χ0) is 15.5. The lowest BCUT2D eigenvalue weighted by atomic mass is 10.0. The van der Waals surface area contributed by atoms with E-state index in [9.17, 15) is 4.79 Å². The van der Waals surface area contributed by atoms with Crippen molar-refractivity contribution < 1.29 is 9.32 Å². The van der Waals surface area contributed by atoms with E-state index in [0.29, 0.717) is 5.89 Å². The molecule has 118 valence electrons. The second-order valence-corrected chi connectivity index (χ2v) is 6.74. The van der Waals surface area contributed by atoms with Crippen LogP contribution in [0.25, 0.3) is 0 Å². The Kier molecular flexibility index (Phi) is 4.57. The zero-order valence-electron chi connectivity index (χ0n) is 13.0. The summed E-state index contributed by atoms with van der Waals surface area (Å²) in [5, 5.41) is 6.03. The number of amides is 1. The summed E-state index contributed by atoms with van der Waals surface area (Å²) in [6.07, 6.45) is 3.97. The zero-order valence-corrected chi connectivity index (χ0v) is 13.8. The number of rotatable bonds is 4. The van der Waals surface area contributed by atoms with Crippen LogP contribution in [0.3, 0.4) is 0 Å². The molecule has 0 unspecified atom stereocenters. The maximum atomic E-state index is 12.7. The van der Waals surface area contributed by atoms with Gasteiger partial charge < -0.3 is 9.42 Å². The minimum atomic E-state index is -0.0892. The van der Waals surface area contributed by atoms with Crippen molar-refractivity contribution in [1.82, 2.24) is 15.0 Å². The first-order valence-corrected chi connectivity index (χ1v) is 8.76. The number of thiophene rings is 1. The van der Waals surface area contributed by atoms with Crippen molar-refractivity contribution in [2.75, 3.05) is 6.54 Å². The molecule has 0 radical (unpaired) electrons. The first kappa shape index (κ1) is 15.2. The molecule has 0 N–H and O–H groups in total. The molecule has 0 spiro atoms. The molecule has 1 amide bonds. The van der Waals surface area contributed by atoms with Gasteiger partial charge in [-0.1, -0.05) is 25.1 Å². The Hall–Kier alpha value is -1.69. The summed E-state index contributed by atoms with van der Waals surface area (Å²) in [6.45, 7) is 4.94. The standard InChI is InChI=1S/C16H21N3O2S/c1-3-11(2)14-17-15(21-18-14)12-7-4-5-9-19(12)16(20)13-8-6-10-22-13/h6,8,10-12H,3-5,7,9H2,1-2H3/t11-,12+/m0/s1. The van der Waals surface area contributed by atoms with Gasteiger partial charge in [0.2, 0.25) is 5.89 Å².